The maximum absolute atomic E-state index is 12.6. The smallest absolute Gasteiger partial charge is 0.253 e. The average Bonchev–Trinajstić information content (AvgIpc) is 3.00. The lowest BCUT2D eigenvalue weighted by molar-refractivity contribution is 0.0646. The lowest BCUT2D eigenvalue weighted by Crippen LogP contribution is -2.46. The second-order valence-corrected chi connectivity index (χ2v) is 6.76. The van der Waals surface area contributed by atoms with Gasteiger partial charge in [0.05, 0.1) is 6.61 Å². The quantitative estimate of drug-likeness (QED) is 0.925. The van der Waals surface area contributed by atoms with E-state index in [1.54, 1.807) is 0 Å². The van der Waals surface area contributed by atoms with Gasteiger partial charge in [0.1, 0.15) is 5.75 Å². The zero-order chi connectivity index (χ0) is 16.6. The van der Waals surface area contributed by atoms with Gasteiger partial charge in [-0.05, 0) is 36.6 Å². The SMILES string of the molecule is NCc1ccc2c(c1)C1(CCN(C(=O)c3ccccc3)CC1)CO2. The summed E-state index contributed by atoms with van der Waals surface area (Å²) in [6, 6.07) is 15.8. The highest BCUT2D eigenvalue weighted by Crippen LogP contribution is 2.45. The zero-order valence-corrected chi connectivity index (χ0v) is 13.7. The van der Waals surface area contributed by atoms with Crippen LogP contribution in [0.5, 0.6) is 5.75 Å². The van der Waals surface area contributed by atoms with Crippen LogP contribution in [0.25, 0.3) is 0 Å². The van der Waals surface area contributed by atoms with Crippen molar-refractivity contribution in [3.63, 3.8) is 0 Å². The molecule has 0 atom stereocenters. The number of ether oxygens (including phenoxy) is 1. The van der Waals surface area contributed by atoms with Crippen molar-refractivity contribution < 1.29 is 9.53 Å². The van der Waals surface area contributed by atoms with Crippen molar-refractivity contribution in [2.45, 2.75) is 24.8 Å². The Morgan fingerprint density at radius 2 is 1.88 bits per heavy atom. The van der Waals surface area contributed by atoms with E-state index in [4.69, 9.17) is 10.5 Å². The molecule has 2 heterocycles. The van der Waals surface area contributed by atoms with Crippen LogP contribution in [0.2, 0.25) is 0 Å². The van der Waals surface area contributed by atoms with Crippen molar-refractivity contribution in [3.05, 3.63) is 65.2 Å². The number of fused-ring (bicyclic) bond motifs is 2. The van der Waals surface area contributed by atoms with E-state index in [1.807, 2.05) is 47.4 Å². The highest BCUT2D eigenvalue weighted by Gasteiger charge is 2.43. The van der Waals surface area contributed by atoms with Crippen LogP contribution in [0.1, 0.15) is 34.3 Å². The van der Waals surface area contributed by atoms with Crippen LogP contribution < -0.4 is 10.5 Å². The summed E-state index contributed by atoms with van der Waals surface area (Å²) >= 11 is 0. The van der Waals surface area contributed by atoms with Crippen LogP contribution in [0.15, 0.2) is 48.5 Å². The Kier molecular flexibility index (Phi) is 3.77. The van der Waals surface area contributed by atoms with E-state index in [9.17, 15) is 4.79 Å². The molecule has 1 amide bonds. The Bertz CT molecular complexity index is 749. The normalized spacial score (nSPS) is 18.3. The first-order valence-corrected chi connectivity index (χ1v) is 8.52. The van der Waals surface area contributed by atoms with Gasteiger partial charge < -0.3 is 15.4 Å². The number of nitrogens with two attached hydrogens (primary N) is 1. The highest BCUT2D eigenvalue weighted by atomic mass is 16.5. The van der Waals surface area contributed by atoms with Crippen molar-refractivity contribution in [1.82, 2.24) is 4.90 Å². The molecule has 1 spiro atoms. The van der Waals surface area contributed by atoms with Crippen LogP contribution in [0.4, 0.5) is 0 Å². The minimum Gasteiger partial charge on any atom is -0.492 e. The van der Waals surface area contributed by atoms with Gasteiger partial charge in [0.15, 0.2) is 0 Å². The van der Waals surface area contributed by atoms with Gasteiger partial charge in [0, 0.05) is 36.2 Å². The molecule has 4 heteroatoms. The van der Waals surface area contributed by atoms with E-state index in [-0.39, 0.29) is 11.3 Å². The number of likely N-dealkylation sites (tertiary alicyclic amines) is 1. The van der Waals surface area contributed by atoms with Crippen molar-refractivity contribution in [3.8, 4) is 5.75 Å². The van der Waals surface area contributed by atoms with Crippen LogP contribution in [-0.4, -0.2) is 30.5 Å². The van der Waals surface area contributed by atoms with Crippen LogP contribution in [0.3, 0.4) is 0 Å². The topological polar surface area (TPSA) is 55.6 Å². The van der Waals surface area contributed by atoms with Crippen molar-refractivity contribution in [2.24, 2.45) is 5.73 Å². The molecular weight excluding hydrogens is 300 g/mol. The monoisotopic (exact) mass is 322 g/mol. The first-order chi connectivity index (χ1) is 11.7. The predicted octanol–water partition coefficient (Wildman–Crippen LogP) is 2.71. The second kappa shape index (κ2) is 5.95. The molecule has 2 aromatic rings. The van der Waals surface area contributed by atoms with Gasteiger partial charge in [-0.1, -0.05) is 30.3 Å². The summed E-state index contributed by atoms with van der Waals surface area (Å²) < 4.78 is 5.93. The van der Waals surface area contributed by atoms with Gasteiger partial charge in [-0.3, -0.25) is 4.79 Å². The molecular formula is C20H22N2O2. The largest absolute Gasteiger partial charge is 0.492 e. The van der Waals surface area contributed by atoms with Gasteiger partial charge in [0.2, 0.25) is 0 Å². The van der Waals surface area contributed by atoms with E-state index in [0.29, 0.717) is 13.2 Å². The molecule has 0 saturated carbocycles. The van der Waals surface area contributed by atoms with E-state index < -0.39 is 0 Å². The number of benzene rings is 2. The van der Waals surface area contributed by atoms with Crippen molar-refractivity contribution in [1.29, 1.82) is 0 Å². The molecule has 0 bridgehead atoms. The molecule has 0 aliphatic carbocycles. The summed E-state index contributed by atoms with van der Waals surface area (Å²) in [4.78, 5) is 14.6. The molecule has 24 heavy (non-hydrogen) atoms. The molecule has 0 aromatic heterocycles. The number of piperidine rings is 1. The maximum Gasteiger partial charge on any atom is 0.253 e. The predicted molar refractivity (Wildman–Crippen MR) is 93.1 cm³/mol. The first kappa shape index (κ1) is 15.2. The summed E-state index contributed by atoms with van der Waals surface area (Å²) in [7, 11) is 0. The first-order valence-electron chi connectivity index (χ1n) is 8.52. The number of rotatable bonds is 2. The van der Waals surface area contributed by atoms with Gasteiger partial charge >= 0.3 is 0 Å². The van der Waals surface area contributed by atoms with E-state index in [1.165, 1.54) is 5.56 Å². The molecule has 1 saturated heterocycles. The van der Waals surface area contributed by atoms with Crippen molar-refractivity contribution >= 4 is 5.91 Å². The van der Waals surface area contributed by atoms with Gasteiger partial charge in [0.25, 0.3) is 5.91 Å². The Morgan fingerprint density at radius 1 is 1.12 bits per heavy atom. The van der Waals surface area contributed by atoms with Gasteiger partial charge in [-0.15, -0.1) is 0 Å². The lowest BCUT2D eigenvalue weighted by Gasteiger charge is -2.38. The summed E-state index contributed by atoms with van der Waals surface area (Å²) in [5.74, 6) is 1.11. The molecule has 124 valence electrons. The molecule has 0 unspecified atom stereocenters. The summed E-state index contributed by atoms with van der Waals surface area (Å²) in [5, 5.41) is 0. The minimum absolute atomic E-state index is 0.0357. The Morgan fingerprint density at radius 3 is 2.58 bits per heavy atom. The molecule has 2 aromatic carbocycles. The summed E-state index contributed by atoms with van der Waals surface area (Å²) in [6.07, 6.45) is 1.87. The molecule has 1 fully saturated rings. The fraction of sp³-hybridized carbons (Fsp3) is 0.350. The number of hydrogen-bond donors (Lipinski definition) is 1. The number of amides is 1. The van der Waals surface area contributed by atoms with Gasteiger partial charge in [-0.25, -0.2) is 0 Å². The third-order valence-electron chi connectivity index (χ3n) is 5.38. The number of hydrogen-bond acceptors (Lipinski definition) is 3. The minimum atomic E-state index is 0.0357. The average molecular weight is 322 g/mol. The fourth-order valence-electron chi connectivity index (χ4n) is 3.85. The highest BCUT2D eigenvalue weighted by molar-refractivity contribution is 5.94. The van der Waals surface area contributed by atoms with Gasteiger partial charge in [-0.2, -0.15) is 0 Å². The fourth-order valence-corrected chi connectivity index (χ4v) is 3.85. The van der Waals surface area contributed by atoms with E-state index in [0.717, 1.165) is 42.8 Å². The van der Waals surface area contributed by atoms with E-state index >= 15 is 0 Å². The molecule has 4 rings (SSSR count). The Labute approximate surface area is 142 Å². The summed E-state index contributed by atoms with van der Waals surface area (Å²) in [6.45, 7) is 2.79. The molecule has 2 N–H and O–H groups in total. The zero-order valence-electron chi connectivity index (χ0n) is 13.7. The summed E-state index contributed by atoms with van der Waals surface area (Å²) in [5.41, 5.74) is 9.01. The third kappa shape index (κ3) is 2.47. The van der Waals surface area contributed by atoms with Crippen molar-refractivity contribution in [2.75, 3.05) is 19.7 Å². The van der Waals surface area contributed by atoms with Crippen LogP contribution >= 0.6 is 0 Å². The standard InChI is InChI=1S/C20H22N2O2/c21-13-15-6-7-18-17(12-15)20(14-24-18)8-10-22(11-9-20)19(23)16-4-2-1-3-5-16/h1-7,12H,8-11,13-14,21H2. The molecule has 0 radical (unpaired) electrons. The Hall–Kier alpha value is -2.33. The number of nitrogens with zero attached hydrogens (tertiary/aromatic N) is 1. The molecule has 2 aliphatic heterocycles. The molecule has 2 aliphatic rings. The third-order valence-corrected chi connectivity index (χ3v) is 5.38. The van der Waals surface area contributed by atoms with E-state index in [2.05, 4.69) is 6.07 Å². The number of carbonyl (C=O) groups excluding carboxylic acids is 1. The molecule has 4 nitrogen and oxygen atoms in total. The maximum atomic E-state index is 12.6. The van der Waals surface area contributed by atoms with Crippen LogP contribution in [-0.2, 0) is 12.0 Å². The lowest BCUT2D eigenvalue weighted by atomic mass is 9.74. The van der Waals surface area contributed by atoms with Crippen LogP contribution in [0, 0.1) is 0 Å². The second-order valence-electron chi connectivity index (χ2n) is 6.76. The number of carbonyl (C=O) groups is 1. The Balaban J connectivity index is 1.52.